The summed E-state index contributed by atoms with van der Waals surface area (Å²) in [6.07, 6.45) is 13.8. The van der Waals surface area contributed by atoms with Crippen molar-refractivity contribution in [2.75, 3.05) is 0 Å². The second kappa shape index (κ2) is 14.9. The van der Waals surface area contributed by atoms with Gasteiger partial charge in [-0.25, -0.2) is 4.79 Å². The van der Waals surface area contributed by atoms with E-state index in [1.54, 1.807) is 6.92 Å². The van der Waals surface area contributed by atoms with Gasteiger partial charge in [-0.2, -0.15) is 0 Å². The maximum Gasteiger partial charge on any atom is 0.337 e. The number of carbonyl (C=O) groups excluding carboxylic acids is 1. The monoisotopic (exact) mass is 734 g/mol. The Kier molecular flexibility index (Phi) is 9.35. The molecule has 4 aromatic carbocycles. The van der Waals surface area contributed by atoms with Gasteiger partial charge in [-0.1, -0.05) is 60.7 Å². The quantitative estimate of drug-likeness (QED) is 0.141. The molecular formula is C49H42N4O3. The molecule has 276 valence electrons. The van der Waals surface area contributed by atoms with E-state index < -0.39 is 5.97 Å². The molecule has 0 aliphatic heterocycles. The Morgan fingerprint density at radius 1 is 0.589 bits per heavy atom. The summed E-state index contributed by atoms with van der Waals surface area (Å²) in [5.41, 5.74) is 11.6. The third-order valence-corrected chi connectivity index (χ3v) is 11.0. The number of carbonyl (C=O) groups is 2. The van der Waals surface area contributed by atoms with Gasteiger partial charge < -0.3 is 14.2 Å². The predicted molar refractivity (Wildman–Crippen MR) is 222 cm³/mol. The van der Waals surface area contributed by atoms with Crippen LogP contribution in [-0.4, -0.2) is 36.0 Å². The van der Waals surface area contributed by atoms with E-state index in [1.807, 2.05) is 42.7 Å². The number of fused-ring (bicyclic) bond motifs is 2. The zero-order chi connectivity index (χ0) is 38.2. The summed E-state index contributed by atoms with van der Waals surface area (Å²) in [7, 11) is 0. The molecule has 0 saturated heterocycles. The Labute approximate surface area is 325 Å². The molecule has 2 saturated carbocycles. The molecule has 4 heterocycles. The highest BCUT2D eigenvalue weighted by atomic mass is 16.4. The lowest BCUT2D eigenvalue weighted by molar-refractivity contribution is 0.0695. The van der Waals surface area contributed by atoms with Crippen molar-refractivity contribution in [2.24, 2.45) is 0 Å². The van der Waals surface area contributed by atoms with Gasteiger partial charge in [0, 0.05) is 54.6 Å². The van der Waals surface area contributed by atoms with E-state index in [2.05, 4.69) is 122 Å². The standard InChI is InChI=1S/C25H22N2O.C24H20N2O2/c1-17(28)23-15-21(19-9-10-19)16-26-24(23)13-18-7-8-20-11-12-27(25(20)14-18)22-5-3-2-4-6-22;27-24(28)21-14-19(17-8-9-17)15-25-22(21)12-16-6-7-18-10-11-26(23(18)13-16)20-4-2-1-3-5-20/h2-8,11-12,14-16,19H,9-10,13H2,1H3;1-7,10-11,13-15,17H,8-9,12H2,(H,27,28). The van der Waals surface area contributed by atoms with E-state index >= 15 is 0 Å². The van der Waals surface area contributed by atoms with Crippen LogP contribution in [0.4, 0.5) is 0 Å². The highest BCUT2D eigenvalue weighted by molar-refractivity contribution is 5.95. The molecule has 2 aliphatic rings. The Hall–Kier alpha value is -6.60. The molecule has 0 amide bonds. The summed E-state index contributed by atoms with van der Waals surface area (Å²) in [6, 6.07) is 41.4. The van der Waals surface area contributed by atoms with Crippen LogP contribution in [-0.2, 0) is 12.8 Å². The van der Waals surface area contributed by atoms with Gasteiger partial charge in [0.25, 0.3) is 0 Å². The number of aromatic carboxylic acids is 1. The molecule has 2 aliphatic carbocycles. The maximum absolute atomic E-state index is 12.2. The van der Waals surface area contributed by atoms with Crippen molar-refractivity contribution < 1.29 is 14.7 Å². The molecule has 2 fully saturated rings. The van der Waals surface area contributed by atoms with Crippen LogP contribution < -0.4 is 0 Å². The zero-order valence-corrected chi connectivity index (χ0v) is 31.3. The first kappa shape index (κ1) is 35.1. The molecule has 1 N–H and O–H groups in total. The normalized spacial score (nSPS) is 13.7. The Morgan fingerprint density at radius 3 is 1.46 bits per heavy atom. The first-order valence-corrected chi connectivity index (χ1v) is 19.4. The minimum atomic E-state index is -0.904. The second-order valence-electron chi connectivity index (χ2n) is 15.1. The Bertz CT molecular complexity index is 2530. The van der Waals surface area contributed by atoms with Crippen molar-refractivity contribution in [1.82, 2.24) is 19.1 Å². The van der Waals surface area contributed by atoms with Crippen LogP contribution in [0, 0.1) is 0 Å². The number of hydrogen-bond donors (Lipinski definition) is 1. The first-order chi connectivity index (χ1) is 27.4. The fraction of sp³-hybridized carbons (Fsp3) is 0.184. The summed E-state index contributed by atoms with van der Waals surface area (Å²) < 4.78 is 4.36. The number of carboxylic acid groups (broad SMARTS) is 1. The van der Waals surface area contributed by atoms with Crippen LogP contribution >= 0.6 is 0 Å². The Morgan fingerprint density at radius 2 is 1.04 bits per heavy atom. The predicted octanol–water partition coefficient (Wildman–Crippen LogP) is 10.9. The summed E-state index contributed by atoms with van der Waals surface area (Å²) in [4.78, 5) is 33.2. The van der Waals surface area contributed by atoms with Crippen molar-refractivity contribution in [1.29, 1.82) is 0 Å². The third-order valence-electron chi connectivity index (χ3n) is 11.0. The van der Waals surface area contributed by atoms with E-state index in [-0.39, 0.29) is 5.78 Å². The van der Waals surface area contributed by atoms with Gasteiger partial charge in [0.1, 0.15) is 0 Å². The number of hydrogen-bond acceptors (Lipinski definition) is 4. The SMILES string of the molecule is CC(=O)c1cc(C2CC2)cnc1Cc1ccc2ccn(-c3ccccc3)c2c1.O=C(O)c1cc(C2CC2)cnc1Cc1ccc2ccn(-c3ccccc3)c2c1. The third kappa shape index (κ3) is 7.40. The van der Waals surface area contributed by atoms with Crippen LogP contribution in [0.1, 0.15) is 98.8 Å². The minimum absolute atomic E-state index is 0.0961. The van der Waals surface area contributed by atoms with Gasteiger partial charge in [-0.05, 0) is 138 Å². The molecular weight excluding hydrogens is 693 g/mol. The number of rotatable bonds is 10. The Balaban J connectivity index is 0.000000146. The highest BCUT2D eigenvalue weighted by Gasteiger charge is 2.27. The topological polar surface area (TPSA) is 90.0 Å². The molecule has 0 spiro atoms. The molecule has 7 heteroatoms. The molecule has 0 unspecified atom stereocenters. The van der Waals surface area contributed by atoms with Crippen molar-refractivity contribution in [3.63, 3.8) is 0 Å². The van der Waals surface area contributed by atoms with Gasteiger partial charge in [0.15, 0.2) is 5.78 Å². The summed E-state index contributed by atoms with van der Waals surface area (Å²) in [5, 5.41) is 12.0. The number of carboxylic acids is 1. The van der Waals surface area contributed by atoms with E-state index in [4.69, 9.17) is 0 Å². The van der Waals surface area contributed by atoms with Crippen LogP contribution in [0.5, 0.6) is 0 Å². The number of benzene rings is 4. The largest absolute Gasteiger partial charge is 0.478 e. The smallest absolute Gasteiger partial charge is 0.337 e. The fourth-order valence-corrected chi connectivity index (χ4v) is 7.65. The summed E-state index contributed by atoms with van der Waals surface area (Å²) in [6.45, 7) is 1.64. The van der Waals surface area contributed by atoms with Gasteiger partial charge >= 0.3 is 5.97 Å². The zero-order valence-electron chi connectivity index (χ0n) is 31.3. The van der Waals surface area contributed by atoms with Gasteiger partial charge in [-0.15, -0.1) is 0 Å². The van der Waals surface area contributed by atoms with Crippen LogP contribution in [0.3, 0.4) is 0 Å². The number of ketones is 1. The maximum atomic E-state index is 12.2. The molecule has 10 rings (SSSR count). The van der Waals surface area contributed by atoms with Gasteiger partial charge in [0.2, 0.25) is 0 Å². The average molecular weight is 735 g/mol. The van der Waals surface area contributed by atoms with E-state index in [0.717, 1.165) is 63.1 Å². The minimum Gasteiger partial charge on any atom is -0.478 e. The van der Waals surface area contributed by atoms with Crippen LogP contribution in [0.25, 0.3) is 33.2 Å². The molecule has 0 radical (unpaired) electrons. The number of pyridine rings is 2. The molecule has 8 aromatic rings. The lowest BCUT2D eigenvalue weighted by Gasteiger charge is -2.10. The number of para-hydroxylation sites is 2. The van der Waals surface area contributed by atoms with E-state index in [0.29, 0.717) is 35.9 Å². The number of nitrogens with zero attached hydrogens (tertiary/aromatic N) is 4. The summed E-state index contributed by atoms with van der Waals surface area (Å²) in [5.74, 6) is 0.285. The summed E-state index contributed by atoms with van der Waals surface area (Å²) >= 11 is 0. The van der Waals surface area contributed by atoms with Crippen molar-refractivity contribution in [3.8, 4) is 11.4 Å². The molecule has 4 aromatic heterocycles. The van der Waals surface area contributed by atoms with Crippen LogP contribution in [0.15, 0.2) is 146 Å². The number of Topliss-reactive ketones (excluding diaryl/α,β-unsaturated/α-hetero) is 1. The average Bonchev–Trinajstić information content (AvgIpc) is 4.17. The fourth-order valence-electron chi connectivity index (χ4n) is 7.65. The number of aromatic nitrogens is 4. The van der Waals surface area contributed by atoms with Gasteiger partial charge in [-0.3, -0.25) is 14.8 Å². The highest BCUT2D eigenvalue weighted by Crippen LogP contribution is 2.41. The second-order valence-corrected chi connectivity index (χ2v) is 15.1. The lowest BCUT2D eigenvalue weighted by atomic mass is 9.99. The van der Waals surface area contributed by atoms with Crippen molar-refractivity contribution in [3.05, 3.63) is 191 Å². The molecule has 0 bridgehead atoms. The lowest BCUT2D eigenvalue weighted by Crippen LogP contribution is -2.07. The molecule has 7 nitrogen and oxygen atoms in total. The van der Waals surface area contributed by atoms with E-state index in [9.17, 15) is 14.7 Å². The van der Waals surface area contributed by atoms with Crippen molar-refractivity contribution in [2.45, 2.75) is 57.3 Å². The molecule has 56 heavy (non-hydrogen) atoms. The van der Waals surface area contributed by atoms with Crippen LogP contribution in [0.2, 0.25) is 0 Å². The van der Waals surface area contributed by atoms with Gasteiger partial charge in [0.05, 0.1) is 28.0 Å². The van der Waals surface area contributed by atoms with E-state index in [1.165, 1.54) is 29.3 Å². The first-order valence-electron chi connectivity index (χ1n) is 19.4. The van der Waals surface area contributed by atoms with Crippen molar-refractivity contribution >= 4 is 33.6 Å². The molecule has 0 atom stereocenters.